The number of carbonyl (C=O) groups excluding carboxylic acids is 3. The number of methoxy groups -OCH3 is 1. The Hall–Kier alpha value is -3.49. The van der Waals surface area contributed by atoms with Crippen LogP contribution in [0.1, 0.15) is 44.0 Å². The number of likely N-dealkylation sites (N-methyl/N-ethyl adjacent to an activating group) is 1. The number of rotatable bonds is 6. The summed E-state index contributed by atoms with van der Waals surface area (Å²) in [5, 5.41) is 0. The number of hydrogen-bond donors (Lipinski definition) is 0. The van der Waals surface area contributed by atoms with Crippen molar-refractivity contribution in [1.29, 1.82) is 0 Å². The standard InChI is InChI=1S/C23H28N5O4/c1-6-7-8-16-9-11-17(12-10-16)27-14(2)13-26-18-19(24-22(26)27)25(4)23(31)28(20(18)29)15(3)21(30)32-5/h9-13,15,18H,6-8H2,1-5H3/q+1. The van der Waals surface area contributed by atoms with Gasteiger partial charge in [-0.25, -0.2) is 19.1 Å². The Bertz CT molecular complexity index is 1120. The summed E-state index contributed by atoms with van der Waals surface area (Å²) in [7, 11) is 2.79. The molecule has 1 aromatic carbocycles. The highest BCUT2D eigenvalue weighted by atomic mass is 16.5. The molecule has 0 aliphatic carbocycles. The highest BCUT2D eigenvalue weighted by molar-refractivity contribution is 6.20. The Labute approximate surface area is 186 Å². The van der Waals surface area contributed by atoms with Crippen molar-refractivity contribution in [2.75, 3.05) is 14.2 Å². The number of amidine groups is 1. The fourth-order valence-corrected chi connectivity index (χ4v) is 4.29. The maximum atomic E-state index is 13.3. The van der Waals surface area contributed by atoms with E-state index in [9.17, 15) is 14.4 Å². The lowest BCUT2D eigenvalue weighted by Gasteiger charge is -2.35. The predicted molar refractivity (Wildman–Crippen MR) is 117 cm³/mol. The first-order chi connectivity index (χ1) is 15.3. The molecule has 0 saturated carbocycles. The van der Waals surface area contributed by atoms with Crippen LogP contribution in [-0.4, -0.2) is 58.3 Å². The van der Waals surface area contributed by atoms with Gasteiger partial charge < -0.3 is 4.74 Å². The smallest absolute Gasteiger partial charge is 0.406 e. The third-order valence-electron chi connectivity index (χ3n) is 6.10. The van der Waals surface area contributed by atoms with Crippen molar-refractivity contribution in [1.82, 2.24) is 14.4 Å². The van der Waals surface area contributed by atoms with Gasteiger partial charge in [0.15, 0.2) is 0 Å². The largest absolute Gasteiger partial charge is 0.467 e. The van der Waals surface area contributed by atoms with Gasteiger partial charge in [0.2, 0.25) is 11.9 Å². The van der Waals surface area contributed by atoms with Crippen molar-refractivity contribution in [2.45, 2.75) is 52.1 Å². The number of unbranched alkanes of at least 4 members (excludes halogenated alkanes) is 1. The van der Waals surface area contributed by atoms with Gasteiger partial charge in [-0.3, -0.25) is 9.69 Å². The van der Waals surface area contributed by atoms with E-state index in [1.165, 1.54) is 24.5 Å². The number of ether oxygens (including phenoxy) is 1. The van der Waals surface area contributed by atoms with E-state index in [0.717, 1.165) is 35.5 Å². The number of aliphatic imine (C=N–C) groups is 1. The molecule has 0 N–H and O–H groups in total. The number of urea groups is 1. The zero-order chi connectivity index (χ0) is 23.2. The average molecular weight is 439 g/mol. The molecule has 9 heteroatoms. The molecule has 2 unspecified atom stereocenters. The second-order valence-corrected chi connectivity index (χ2v) is 8.20. The second kappa shape index (κ2) is 8.22. The minimum absolute atomic E-state index is 0.344. The van der Waals surface area contributed by atoms with Gasteiger partial charge in [0, 0.05) is 7.05 Å². The first-order valence-corrected chi connectivity index (χ1v) is 10.8. The van der Waals surface area contributed by atoms with Crippen LogP contribution in [0.25, 0.3) is 5.69 Å². The first-order valence-electron chi connectivity index (χ1n) is 10.8. The number of benzene rings is 1. The summed E-state index contributed by atoms with van der Waals surface area (Å²) in [4.78, 5) is 45.2. The van der Waals surface area contributed by atoms with E-state index in [-0.39, 0.29) is 0 Å². The summed E-state index contributed by atoms with van der Waals surface area (Å²) in [6.45, 7) is 5.60. The molecule has 1 saturated heterocycles. The maximum Gasteiger partial charge on any atom is 0.406 e. The Morgan fingerprint density at radius 3 is 2.56 bits per heavy atom. The first kappa shape index (κ1) is 21.7. The Morgan fingerprint density at radius 1 is 1.25 bits per heavy atom. The van der Waals surface area contributed by atoms with Crippen LogP contribution in [0.15, 0.2) is 35.5 Å². The Kier molecular flexibility index (Phi) is 5.58. The zero-order valence-electron chi connectivity index (χ0n) is 19.0. The molecule has 2 aromatic rings. The van der Waals surface area contributed by atoms with Crippen LogP contribution < -0.4 is 4.57 Å². The third kappa shape index (κ3) is 3.28. The molecule has 9 nitrogen and oxygen atoms in total. The summed E-state index contributed by atoms with van der Waals surface area (Å²) >= 11 is 0. The Balaban J connectivity index is 1.74. The van der Waals surface area contributed by atoms with Crippen LogP contribution in [0.3, 0.4) is 0 Å². The van der Waals surface area contributed by atoms with Crippen molar-refractivity contribution in [3.8, 4) is 5.69 Å². The van der Waals surface area contributed by atoms with Crippen LogP contribution in [0.2, 0.25) is 0 Å². The number of esters is 1. The molecule has 4 rings (SSSR count). The molecule has 0 bridgehead atoms. The van der Waals surface area contributed by atoms with Crippen molar-refractivity contribution in [2.24, 2.45) is 4.99 Å². The summed E-state index contributed by atoms with van der Waals surface area (Å²) < 4.78 is 8.48. The topological polar surface area (TPSA) is 88.1 Å². The monoisotopic (exact) mass is 438 g/mol. The number of fused-ring (bicyclic) bond motifs is 3. The van der Waals surface area contributed by atoms with Gasteiger partial charge in [0.25, 0.3) is 5.91 Å². The number of amides is 3. The lowest BCUT2D eigenvalue weighted by molar-refractivity contribution is -0.676. The van der Waals surface area contributed by atoms with E-state index in [0.29, 0.717) is 11.8 Å². The zero-order valence-corrected chi connectivity index (χ0v) is 19.0. The number of nitrogens with zero attached hydrogens (tertiary/aromatic N) is 5. The van der Waals surface area contributed by atoms with E-state index in [4.69, 9.17) is 4.74 Å². The van der Waals surface area contributed by atoms with E-state index in [1.807, 2.05) is 29.8 Å². The SMILES string of the molecule is CCCCc1ccc(-n2c(C)c[n+]3c2N=C2C3C(=O)N(C(C)C(=O)OC)C(=O)N2C)cc1. The quantitative estimate of drug-likeness (QED) is 0.512. The normalized spacial score (nSPS) is 18.4. The fraction of sp³-hybridized carbons (Fsp3) is 0.435. The van der Waals surface area contributed by atoms with Crippen LogP contribution in [0.4, 0.5) is 10.7 Å². The fourth-order valence-electron chi connectivity index (χ4n) is 4.29. The van der Waals surface area contributed by atoms with Gasteiger partial charge in [0.1, 0.15) is 23.6 Å². The molecular weight excluding hydrogens is 410 g/mol. The lowest BCUT2D eigenvalue weighted by atomic mass is 10.1. The molecule has 2 aliphatic heterocycles. The van der Waals surface area contributed by atoms with Gasteiger partial charge in [-0.05, 0) is 44.4 Å². The number of carbonyl (C=O) groups is 3. The van der Waals surface area contributed by atoms with E-state index in [1.54, 1.807) is 11.6 Å². The third-order valence-corrected chi connectivity index (χ3v) is 6.10. The molecule has 168 valence electrons. The van der Waals surface area contributed by atoms with Gasteiger partial charge in [-0.2, -0.15) is 4.57 Å². The van der Waals surface area contributed by atoms with Crippen molar-refractivity contribution in [3.05, 3.63) is 41.7 Å². The number of imidazole rings is 1. The minimum Gasteiger partial charge on any atom is -0.467 e. The minimum atomic E-state index is -1.03. The van der Waals surface area contributed by atoms with Crippen LogP contribution >= 0.6 is 0 Å². The van der Waals surface area contributed by atoms with Crippen LogP contribution in [-0.2, 0) is 20.7 Å². The van der Waals surface area contributed by atoms with E-state index >= 15 is 0 Å². The number of aryl methyl sites for hydroxylation is 2. The summed E-state index contributed by atoms with van der Waals surface area (Å²) in [6.07, 6.45) is 5.18. The molecular formula is C23H28N5O4+. The Morgan fingerprint density at radius 2 is 1.94 bits per heavy atom. The van der Waals surface area contributed by atoms with Gasteiger partial charge in [-0.15, -0.1) is 0 Å². The van der Waals surface area contributed by atoms with Crippen molar-refractivity contribution < 1.29 is 23.7 Å². The lowest BCUT2D eigenvalue weighted by Crippen LogP contribution is -2.65. The van der Waals surface area contributed by atoms with Crippen LogP contribution in [0, 0.1) is 6.92 Å². The molecule has 1 fully saturated rings. The van der Waals surface area contributed by atoms with E-state index < -0.39 is 30.0 Å². The van der Waals surface area contributed by atoms with Crippen molar-refractivity contribution in [3.63, 3.8) is 0 Å². The number of imide groups is 1. The summed E-state index contributed by atoms with van der Waals surface area (Å²) in [5.41, 5.74) is 3.11. The van der Waals surface area contributed by atoms with Crippen molar-refractivity contribution >= 4 is 29.7 Å². The number of aromatic nitrogens is 2. The molecule has 1 aromatic heterocycles. The van der Waals surface area contributed by atoms with Crippen LogP contribution in [0.5, 0.6) is 0 Å². The molecule has 0 spiro atoms. The van der Waals surface area contributed by atoms with Gasteiger partial charge in [0.05, 0.1) is 7.11 Å². The average Bonchev–Trinajstić information content (AvgIpc) is 3.30. The highest BCUT2D eigenvalue weighted by Crippen LogP contribution is 2.32. The predicted octanol–water partition coefficient (Wildman–Crippen LogP) is 2.46. The van der Waals surface area contributed by atoms with E-state index in [2.05, 4.69) is 24.0 Å². The molecule has 2 aliphatic rings. The number of hydrogen-bond acceptors (Lipinski definition) is 5. The molecule has 32 heavy (non-hydrogen) atoms. The highest BCUT2D eigenvalue weighted by Gasteiger charge is 2.55. The second-order valence-electron chi connectivity index (χ2n) is 8.20. The summed E-state index contributed by atoms with van der Waals surface area (Å²) in [5.74, 6) is -0.248. The van der Waals surface area contributed by atoms with Gasteiger partial charge in [-0.1, -0.05) is 30.5 Å². The summed E-state index contributed by atoms with van der Waals surface area (Å²) in [6, 6.07) is 5.86. The maximum absolute atomic E-state index is 13.3. The molecule has 2 atom stereocenters. The molecule has 0 radical (unpaired) electrons. The molecule has 3 amide bonds. The van der Waals surface area contributed by atoms with Gasteiger partial charge >= 0.3 is 17.9 Å². The molecule has 3 heterocycles.